The lowest BCUT2D eigenvalue weighted by atomic mass is 10.2. The monoisotopic (exact) mass is 290 g/mol. The van der Waals surface area contributed by atoms with Crippen molar-refractivity contribution in [3.63, 3.8) is 0 Å². The summed E-state index contributed by atoms with van der Waals surface area (Å²) in [6, 6.07) is 2.18. The fourth-order valence-electron chi connectivity index (χ4n) is 2.64. The Balaban J connectivity index is 1.80. The van der Waals surface area contributed by atoms with Gasteiger partial charge in [-0.05, 0) is 19.4 Å². The second kappa shape index (κ2) is 5.95. The summed E-state index contributed by atoms with van der Waals surface area (Å²) in [5.74, 6) is 1.29. The second-order valence-electron chi connectivity index (χ2n) is 5.42. The van der Waals surface area contributed by atoms with Gasteiger partial charge in [-0.15, -0.1) is 0 Å². The summed E-state index contributed by atoms with van der Waals surface area (Å²) in [5.41, 5.74) is 1.90. The number of piperazine rings is 1. The van der Waals surface area contributed by atoms with Crippen molar-refractivity contribution < 1.29 is 4.52 Å². The third-order valence-electron chi connectivity index (χ3n) is 4.03. The van der Waals surface area contributed by atoms with E-state index in [1.54, 1.807) is 4.68 Å². The van der Waals surface area contributed by atoms with Crippen LogP contribution in [0.1, 0.15) is 31.4 Å². The van der Waals surface area contributed by atoms with Crippen LogP contribution in [0.5, 0.6) is 0 Å². The smallest absolute Gasteiger partial charge is 0.276 e. The van der Waals surface area contributed by atoms with Crippen LogP contribution in [-0.4, -0.2) is 51.0 Å². The summed E-state index contributed by atoms with van der Waals surface area (Å²) in [6.07, 6.45) is 0.895. The van der Waals surface area contributed by atoms with E-state index in [0.717, 1.165) is 49.8 Å². The van der Waals surface area contributed by atoms with E-state index in [-0.39, 0.29) is 6.04 Å². The van der Waals surface area contributed by atoms with Crippen molar-refractivity contribution in [2.75, 3.05) is 26.2 Å². The van der Waals surface area contributed by atoms with Gasteiger partial charge in [0.25, 0.3) is 5.89 Å². The summed E-state index contributed by atoms with van der Waals surface area (Å²) in [6.45, 7) is 8.25. The molecule has 0 spiro atoms. The molecular formula is C14H22N6O. The number of aromatic nitrogens is 4. The quantitative estimate of drug-likeness (QED) is 0.905. The first kappa shape index (κ1) is 14.2. The van der Waals surface area contributed by atoms with E-state index in [1.165, 1.54) is 0 Å². The summed E-state index contributed by atoms with van der Waals surface area (Å²) < 4.78 is 7.23. The Morgan fingerprint density at radius 3 is 2.81 bits per heavy atom. The van der Waals surface area contributed by atoms with E-state index in [1.807, 2.05) is 13.1 Å². The zero-order chi connectivity index (χ0) is 14.8. The maximum atomic E-state index is 5.44. The lowest BCUT2D eigenvalue weighted by Gasteiger charge is -2.30. The molecule has 3 rings (SSSR count). The third-order valence-corrected chi connectivity index (χ3v) is 4.03. The van der Waals surface area contributed by atoms with Crippen LogP contribution in [0.4, 0.5) is 0 Å². The highest BCUT2D eigenvalue weighted by molar-refractivity contribution is 5.47. The van der Waals surface area contributed by atoms with Gasteiger partial charge in [-0.3, -0.25) is 9.58 Å². The molecule has 3 heterocycles. The molecular weight excluding hydrogens is 268 g/mol. The summed E-state index contributed by atoms with van der Waals surface area (Å²) >= 11 is 0. The SMILES string of the molecule is CCc1cc(-c2nc(C(C)N3CCNCC3)no2)n(C)n1. The predicted octanol–water partition coefficient (Wildman–Crippen LogP) is 0.999. The molecule has 114 valence electrons. The van der Waals surface area contributed by atoms with Gasteiger partial charge >= 0.3 is 0 Å². The molecule has 1 aliphatic heterocycles. The molecule has 0 aliphatic carbocycles. The molecule has 0 amide bonds. The van der Waals surface area contributed by atoms with E-state index >= 15 is 0 Å². The van der Waals surface area contributed by atoms with Crippen LogP contribution in [0.25, 0.3) is 11.6 Å². The van der Waals surface area contributed by atoms with Gasteiger partial charge in [0.15, 0.2) is 5.82 Å². The molecule has 1 N–H and O–H groups in total. The van der Waals surface area contributed by atoms with E-state index in [9.17, 15) is 0 Å². The maximum absolute atomic E-state index is 5.44. The van der Waals surface area contributed by atoms with Gasteiger partial charge in [-0.25, -0.2) is 0 Å². The molecule has 7 heteroatoms. The largest absolute Gasteiger partial charge is 0.332 e. The Labute approximate surface area is 124 Å². The first-order valence-corrected chi connectivity index (χ1v) is 7.50. The van der Waals surface area contributed by atoms with E-state index in [4.69, 9.17) is 4.52 Å². The Bertz CT molecular complexity index is 598. The number of nitrogens with one attached hydrogen (secondary N) is 1. The number of hydrogen-bond acceptors (Lipinski definition) is 6. The van der Waals surface area contributed by atoms with Crippen molar-refractivity contribution in [3.05, 3.63) is 17.6 Å². The van der Waals surface area contributed by atoms with Gasteiger partial charge in [-0.2, -0.15) is 10.1 Å². The fraction of sp³-hybridized carbons (Fsp3) is 0.643. The van der Waals surface area contributed by atoms with Crippen LogP contribution in [0.2, 0.25) is 0 Å². The minimum Gasteiger partial charge on any atom is -0.332 e. The lowest BCUT2D eigenvalue weighted by Crippen LogP contribution is -2.44. The Kier molecular flexibility index (Phi) is 4.03. The fourth-order valence-corrected chi connectivity index (χ4v) is 2.64. The van der Waals surface area contributed by atoms with Crippen molar-refractivity contribution in [1.82, 2.24) is 30.1 Å². The van der Waals surface area contributed by atoms with Crippen LogP contribution in [0, 0.1) is 0 Å². The average Bonchev–Trinajstić information content (AvgIpc) is 3.13. The first-order chi connectivity index (χ1) is 10.2. The molecule has 0 aromatic carbocycles. The zero-order valence-electron chi connectivity index (χ0n) is 12.8. The summed E-state index contributed by atoms with van der Waals surface area (Å²) in [4.78, 5) is 6.93. The minimum atomic E-state index is 0.170. The molecule has 0 saturated carbocycles. The predicted molar refractivity (Wildman–Crippen MR) is 78.7 cm³/mol. The van der Waals surface area contributed by atoms with Gasteiger partial charge in [0.05, 0.1) is 11.7 Å². The Hall–Kier alpha value is -1.73. The maximum Gasteiger partial charge on any atom is 0.276 e. The van der Waals surface area contributed by atoms with Crippen LogP contribution in [0.15, 0.2) is 10.6 Å². The van der Waals surface area contributed by atoms with Crippen molar-refractivity contribution in [3.8, 4) is 11.6 Å². The van der Waals surface area contributed by atoms with Crippen molar-refractivity contribution in [2.24, 2.45) is 7.05 Å². The standard InChI is InChI=1S/C14H22N6O/c1-4-11-9-12(19(3)17-11)14-16-13(18-21-14)10(2)20-7-5-15-6-8-20/h9-10,15H,4-8H2,1-3H3. The molecule has 2 aromatic rings. The Morgan fingerprint density at radius 1 is 1.38 bits per heavy atom. The molecule has 1 unspecified atom stereocenters. The molecule has 0 radical (unpaired) electrons. The van der Waals surface area contributed by atoms with E-state index in [0.29, 0.717) is 5.89 Å². The Morgan fingerprint density at radius 2 is 2.14 bits per heavy atom. The highest BCUT2D eigenvalue weighted by Crippen LogP contribution is 2.23. The van der Waals surface area contributed by atoms with Gasteiger partial charge in [-0.1, -0.05) is 12.1 Å². The molecule has 1 aliphatic rings. The number of aryl methyl sites for hydroxylation is 2. The van der Waals surface area contributed by atoms with Crippen LogP contribution < -0.4 is 5.32 Å². The normalized spacial score (nSPS) is 18.0. The van der Waals surface area contributed by atoms with Gasteiger partial charge in [0.2, 0.25) is 0 Å². The first-order valence-electron chi connectivity index (χ1n) is 7.50. The zero-order valence-corrected chi connectivity index (χ0v) is 12.8. The van der Waals surface area contributed by atoms with Crippen LogP contribution in [0.3, 0.4) is 0 Å². The van der Waals surface area contributed by atoms with Gasteiger partial charge < -0.3 is 9.84 Å². The van der Waals surface area contributed by atoms with Crippen molar-refractivity contribution in [2.45, 2.75) is 26.3 Å². The molecule has 1 fully saturated rings. The topological polar surface area (TPSA) is 72.0 Å². The third kappa shape index (κ3) is 2.84. The minimum absolute atomic E-state index is 0.170. The number of hydrogen-bond donors (Lipinski definition) is 1. The summed E-state index contributed by atoms with van der Waals surface area (Å²) in [5, 5.41) is 11.9. The van der Waals surface area contributed by atoms with Gasteiger partial charge in [0, 0.05) is 33.2 Å². The number of rotatable bonds is 4. The lowest BCUT2D eigenvalue weighted by molar-refractivity contribution is 0.176. The van der Waals surface area contributed by atoms with Crippen LogP contribution in [-0.2, 0) is 13.5 Å². The van der Waals surface area contributed by atoms with Gasteiger partial charge in [0.1, 0.15) is 5.69 Å². The number of nitrogens with zero attached hydrogens (tertiary/aromatic N) is 5. The highest BCUT2D eigenvalue weighted by atomic mass is 16.5. The van der Waals surface area contributed by atoms with Crippen LogP contribution >= 0.6 is 0 Å². The highest BCUT2D eigenvalue weighted by Gasteiger charge is 2.23. The molecule has 1 atom stereocenters. The molecule has 2 aromatic heterocycles. The van der Waals surface area contributed by atoms with Crippen molar-refractivity contribution in [1.29, 1.82) is 0 Å². The van der Waals surface area contributed by atoms with E-state index in [2.05, 4.69) is 39.3 Å². The summed E-state index contributed by atoms with van der Waals surface area (Å²) in [7, 11) is 1.90. The van der Waals surface area contributed by atoms with Crippen molar-refractivity contribution >= 4 is 0 Å². The second-order valence-corrected chi connectivity index (χ2v) is 5.42. The molecule has 0 bridgehead atoms. The molecule has 21 heavy (non-hydrogen) atoms. The molecule has 1 saturated heterocycles. The van der Waals surface area contributed by atoms with E-state index < -0.39 is 0 Å². The molecule has 7 nitrogen and oxygen atoms in total. The average molecular weight is 290 g/mol.